The molecule has 0 saturated carbocycles. The minimum absolute atomic E-state index is 0. The predicted molar refractivity (Wildman–Crippen MR) is 83.0 cm³/mol. The maximum atomic E-state index is 2.26. The molecule has 1 nitrogen and oxygen atoms in total. The maximum Gasteiger partial charge on any atom is 0.219 e. The van der Waals surface area contributed by atoms with Gasteiger partial charge in [0.1, 0.15) is 0 Å². The van der Waals surface area contributed by atoms with Gasteiger partial charge in [0.25, 0.3) is 0 Å². The van der Waals surface area contributed by atoms with Crippen LogP contribution in [0.15, 0.2) is 85.1 Å². The molecule has 0 aliphatic rings. The van der Waals surface area contributed by atoms with Gasteiger partial charge in [-0.25, -0.2) is 0 Å². The first-order valence-electron chi connectivity index (χ1n) is 6.81. The van der Waals surface area contributed by atoms with E-state index in [9.17, 15) is 0 Å². The van der Waals surface area contributed by atoms with E-state index < -0.39 is 0 Å². The number of benzene rings is 3. The number of rotatable bonds is 1. The van der Waals surface area contributed by atoms with Crippen LogP contribution < -0.4 is 21.5 Å². The van der Waals surface area contributed by atoms with Crippen molar-refractivity contribution in [2.45, 2.75) is 0 Å². The third-order valence-corrected chi connectivity index (χ3v) is 3.73. The fourth-order valence-electron chi connectivity index (χ4n) is 2.79. The lowest BCUT2D eigenvalue weighted by Crippen LogP contribution is -3.00. The zero-order valence-corrected chi connectivity index (χ0v) is 13.0. The molecule has 1 aromatic heterocycles. The molecule has 0 aliphatic heterocycles. The standard InChI is InChI=1S/C19H14N.BrH/c1-3-11-17-15(7-1)9-5-13-19(17)20-14-6-10-16-8-2-4-12-18(16)20;/h1-14H;1H/q+1;/p-1. The van der Waals surface area contributed by atoms with Crippen LogP contribution in [0.25, 0.3) is 27.4 Å². The molecule has 2 heteroatoms. The summed E-state index contributed by atoms with van der Waals surface area (Å²) < 4.78 is 2.26. The van der Waals surface area contributed by atoms with Gasteiger partial charge in [0, 0.05) is 23.6 Å². The molecule has 0 bridgehead atoms. The lowest BCUT2D eigenvalue weighted by molar-refractivity contribution is -0.565. The molecule has 0 aliphatic carbocycles. The van der Waals surface area contributed by atoms with E-state index in [2.05, 4.69) is 89.6 Å². The van der Waals surface area contributed by atoms with Crippen LogP contribution in [0, 0.1) is 0 Å². The second kappa shape index (κ2) is 5.66. The third-order valence-electron chi connectivity index (χ3n) is 3.73. The number of pyridine rings is 1. The summed E-state index contributed by atoms with van der Waals surface area (Å²) in [5, 5.41) is 3.80. The van der Waals surface area contributed by atoms with Crippen LogP contribution in [0.5, 0.6) is 0 Å². The SMILES string of the molecule is [Br-].c1ccc2c(-[n+]3cccc4ccccc43)cccc2c1. The smallest absolute Gasteiger partial charge is 0.219 e. The molecule has 3 aromatic carbocycles. The van der Waals surface area contributed by atoms with Gasteiger partial charge in [-0.05, 0) is 23.6 Å². The Bertz CT molecular complexity index is 827. The van der Waals surface area contributed by atoms with Crippen LogP contribution in [0.2, 0.25) is 0 Å². The van der Waals surface area contributed by atoms with Crippen molar-refractivity contribution in [3.05, 3.63) is 85.1 Å². The van der Waals surface area contributed by atoms with Crippen LogP contribution >= 0.6 is 0 Å². The van der Waals surface area contributed by atoms with Crippen molar-refractivity contribution >= 4 is 21.7 Å². The van der Waals surface area contributed by atoms with E-state index in [-0.39, 0.29) is 17.0 Å². The summed E-state index contributed by atoms with van der Waals surface area (Å²) >= 11 is 0. The fraction of sp³-hybridized carbons (Fsp3) is 0. The van der Waals surface area contributed by atoms with Crippen molar-refractivity contribution in [1.29, 1.82) is 0 Å². The van der Waals surface area contributed by atoms with E-state index in [1.165, 1.54) is 27.4 Å². The van der Waals surface area contributed by atoms with Gasteiger partial charge in [0.15, 0.2) is 6.20 Å². The van der Waals surface area contributed by atoms with Gasteiger partial charge < -0.3 is 17.0 Å². The van der Waals surface area contributed by atoms with Gasteiger partial charge >= 0.3 is 0 Å². The first-order valence-corrected chi connectivity index (χ1v) is 6.81. The molecule has 0 atom stereocenters. The third kappa shape index (κ3) is 2.32. The number of halogens is 1. The topological polar surface area (TPSA) is 3.88 Å². The first-order chi connectivity index (χ1) is 9.93. The Hall–Kier alpha value is -2.19. The molecule has 21 heavy (non-hydrogen) atoms. The second-order valence-electron chi connectivity index (χ2n) is 4.94. The molecule has 0 radical (unpaired) electrons. The Balaban J connectivity index is 0.00000132. The summed E-state index contributed by atoms with van der Waals surface area (Å²) in [5.74, 6) is 0. The molecule has 0 fully saturated rings. The van der Waals surface area contributed by atoms with Crippen molar-refractivity contribution in [3.63, 3.8) is 0 Å². The van der Waals surface area contributed by atoms with E-state index in [0.29, 0.717) is 0 Å². The Morgan fingerprint density at radius 3 is 2.14 bits per heavy atom. The van der Waals surface area contributed by atoms with E-state index in [0.717, 1.165) is 0 Å². The lowest BCUT2D eigenvalue weighted by atomic mass is 10.1. The Labute approximate surface area is 134 Å². The molecule has 0 unspecified atom stereocenters. The first kappa shape index (κ1) is 13.8. The molecule has 0 amide bonds. The maximum absolute atomic E-state index is 2.26. The highest BCUT2D eigenvalue weighted by Gasteiger charge is 2.13. The van der Waals surface area contributed by atoms with Gasteiger partial charge in [0.05, 0.1) is 5.39 Å². The van der Waals surface area contributed by atoms with E-state index in [1.54, 1.807) is 0 Å². The zero-order valence-electron chi connectivity index (χ0n) is 11.4. The highest BCUT2D eigenvalue weighted by atomic mass is 79.9. The van der Waals surface area contributed by atoms with Gasteiger partial charge in [0.2, 0.25) is 11.2 Å². The van der Waals surface area contributed by atoms with Crippen LogP contribution in [0.1, 0.15) is 0 Å². The fourth-order valence-corrected chi connectivity index (χ4v) is 2.79. The minimum atomic E-state index is 0. The van der Waals surface area contributed by atoms with Gasteiger partial charge in [-0.1, -0.05) is 42.5 Å². The molecule has 1 heterocycles. The summed E-state index contributed by atoms with van der Waals surface area (Å²) in [6.07, 6.45) is 2.13. The quantitative estimate of drug-likeness (QED) is 0.461. The Kier molecular flexibility index (Phi) is 3.72. The molecule has 0 spiro atoms. The minimum Gasteiger partial charge on any atom is -1.00 e. The number of nitrogens with zero attached hydrogens (tertiary/aromatic N) is 1. The number of hydrogen-bond acceptors (Lipinski definition) is 0. The number of fused-ring (bicyclic) bond motifs is 2. The van der Waals surface area contributed by atoms with E-state index in [4.69, 9.17) is 0 Å². The van der Waals surface area contributed by atoms with E-state index >= 15 is 0 Å². The van der Waals surface area contributed by atoms with Crippen LogP contribution in [-0.2, 0) is 0 Å². The molecule has 0 N–H and O–H groups in total. The molecule has 0 saturated heterocycles. The van der Waals surface area contributed by atoms with Gasteiger partial charge in [-0.15, -0.1) is 0 Å². The van der Waals surface area contributed by atoms with Crippen molar-refractivity contribution < 1.29 is 21.5 Å². The largest absolute Gasteiger partial charge is 1.00 e. The zero-order chi connectivity index (χ0) is 13.4. The van der Waals surface area contributed by atoms with Crippen LogP contribution in [-0.4, -0.2) is 0 Å². The molecule has 102 valence electrons. The summed E-state index contributed by atoms with van der Waals surface area (Å²) in [6, 6.07) is 27.7. The van der Waals surface area contributed by atoms with Gasteiger partial charge in [-0.3, -0.25) is 0 Å². The highest BCUT2D eigenvalue weighted by molar-refractivity contribution is 5.89. The number of aromatic nitrogens is 1. The second-order valence-corrected chi connectivity index (χ2v) is 4.94. The lowest BCUT2D eigenvalue weighted by Gasteiger charge is -2.04. The molecule has 4 rings (SSSR count). The average Bonchev–Trinajstić information content (AvgIpc) is 2.54. The predicted octanol–water partition coefficient (Wildman–Crippen LogP) is 1.27. The normalized spacial score (nSPS) is 10.5. The summed E-state index contributed by atoms with van der Waals surface area (Å²) in [5.41, 5.74) is 2.45. The summed E-state index contributed by atoms with van der Waals surface area (Å²) in [7, 11) is 0. The summed E-state index contributed by atoms with van der Waals surface area (Å²) in [4.78, 5) is 0. The van der Waals surface area contributed by atoms with E-state index in [1.807, 2.05) is 0 Å². The Morgan fingerprint density at radius 1 is 0.571 bits per heavy atom. The van der Waals surface area contributed by atoms with Crippen molar-refractivity contribution in [3.8, 4) is 5.69 Å². The molecule has 4 aromatic rings. The van der Waals surface area contributed by atoms with Gasteiger partial charge in [-0.2, -0.15) is 4.57 Å². The van der Waals surface area contributed by atoms with Crippen molar-refractivity contribution in [2.24, 2.45) is 0 Å². The number of hydrogen-bond donors (Lipinski definition) is 0. The average molecular weight is 336 g/mol. The summed E-state index contributed by atoms with van der Waals surface area (Å²) in [6.45, 7) is 0. The van der Waals surface area contributed by atoms with Crippen molar-refractivity contribution in [1.82, 2.24) is 0 Å². The highest BCUT2D eigenvalue weighted by Crippen LogP contribution is 2.20. The molecular weight excluding hydrogens is 322 g/mol. The van der Waals surface area contributed by atoms with Crippen LogP contribution in [0.3, 0.4) is 0 Å². The Morgan fingerprint density at radius 2 is 1.24 bits per heavy atom. The molecular formula is C19H14BrN. The van der Waals surface area contributed by atoms with Crippen molar-refractivity contribution in [2.75, 3.05) is 0 Å². The number of para-hydroxylation sites is 1. The van der Waals surface area contributed by atoms with Crippen LogP contribution in [0.4, 0.5) is 0 Å². The monoisotopic (exact) mass is 335 g/mol.